The van der Waals surface area contributed by atoms with Crippen LogP contribution >= 0.6 is 0 Å². The van der Waals surface area contributed by atoms with Gasteiger partial charge in [0.1, 0.15) is 34.6 Å². The molecule has 0 aliphatic rings. The highest BCUT2D eigenvalue weighted by atomic mass is 19.1. The Morgan fingerprint density at radius 1 is 0.358 bits per heavy atom. The van der Waals surface area contributed by atoms with Crippen molar-refractivity contribution < 1.29 is 28.5 Å². The summed E-state index contributed by atoms with van der Waals surface area (Å²) in [4.78, 5) is 0. The monoisotopic (exact) mass is 1280 g/mol. The molecule has 0 unspecified atom stereocenters. The van der Waals surface area contributed by atoms with Gasteiger partial charge in [-0.25, -0.2) is 8.78 Å². The van der Waals surface area contributed by atoms with Crippen molar-refractivity contribution >= 4 is 43.1 Å². The molecule has 2 atom stereocenters. The van der Waals surface area contributed by atoms with E-state index in [1.807, 2.05) is 26.0 Å². The number of hydrogen-bond donors (Lipinski definition) is 2. The van der Waals surface area contributed by atoms with Crippen molar-refractivity contribution in [1.82, 2.24) is 0 Å². The number of fused-ring (bicyclic) bond motifs is 4. The first kappa shape index (κ1) is 70.1. The van der Waals surface area contributed by atoms with Crippen molar-refractivity contribution in [2.24, 2.45) is 10.8 Å². The first-order chi connectivity index (χ1) is 43.8. The molecule has 0 aromatic heterocycles. The van der Waals surface area contributed by atoms with Crippen molar-refractivity contribution in [1.29, 1.82) is 0 Å². The summed E-state index contributed by atoms with van der Waals surface area (Å²) in [6.07, 6.45) is 0.861. The van der Waals surface area contributed by atoms with Crippen molar-refractivity contribution in [3.05, 3.63) is 191 Å². The smallest absolute Gasteiger partial charge is 0.135 e. The molecule has 0 bridgehead atoms. The molecule has 0 radical (unpaired) electrons. The Morgan fingerprint density at radius 2 is 0.800 bits per heavy atom. The summed E-state index contributed by atoms with van der Waals surface area (Å²) in [5.74, 6) is 0.0181. The fourth-order valence-corrected chi connectivity index (χ4v) is 15.1. The molecule has 500 valence electrons. The lowest BCUT2D eigenvalue weighted by molar-refractivity contribution is 0.129. The van der Waals surface area contributed by atoms with Gasteiger partial charge >= 0.3 is 0 Å². The van der Waals surface area contributed by atoms with Crippen LogP contribution in [0.1, 0.15) is 219 Å². The van der Waals surface area contributed by atoms with Gasteiger partial charge in [-0.3, -0.25) is 0 Å². The van der Waals surface area contributed by atoms with Crippen molar-refractivity contribution in [3.8, 4) is 67.5 Å². The zero-order chi connectivity index (χ0) is 69.8. The maximum absolute atomic E-state index is 16.3. The SMILES string of the molecule is C[C@H](C[C@H](C)Oc1c(C(C)(C)CC(C)(C)C)cc(-c2c3ccc(C(C)(C)C)cc3cc3ccc(C(C)(C)C)cc23)c(O)c1-c1cccc(F)c1)Oc1ccc(F)cc1-c1cc(C(C)(C)CC(C)(C)C)cc(-c2c3ccc(C(C)(C)C)cc3cc3ccc(C(C)(C)C)cc23)c1O. The third kappa shape index (κ3) is 14.8. The van der Waals surface area contributed by atoms with Crippen LogP contribution in [0.4, 0.5) is 8.78 Å². The van der Waals surface area contributed by atoms with E-state index >= 15 is 8.78 Å². The summed E-state index contributed by atoms with van der Waals surface area (Å²) in [7, 11) is 0. The number of rotatable bonds is 14. The lowest BCUT2D eigenvalue weighted by Crippen LogP contribution is -2.28. The predicted molar refractivity (Wildman–Crippen MR) is 402 cm³/mol. The molecular formula is C89H106F2O4. The third-order valence-electron chi connectivity index (χ3n) is 19.4. The summed E-state index contributed by atoms with van der Waals surface area (Å²) in [5.41, 5.74) is 9.91. The van der Waals surface area contributed by atoms with Crippen LogP contribution < -0.4 is 9.47 Å². The lowest BCUT2D eigenvalue weighted by Gasteiger charge is -2.36. The molecule has 95 heavy (non-hydrogen) atoms. The number of ether oxygens (including phenoxy) is 2. The summed E-state index contributed by atoms with van der Waals surface area (Å²) in [6.45, 7) is 53.3. The van der Waals surface area contributed by atoms with Crippen molar-refractivity contribution in [3.63, 3.8) is 0 Å². The Labute approximate surface area is 567 Å². The Morgan fingerprint density at radius 3 is 1.28 bits per heavy atom. The van der Waals surface area contributed by atoms with Gasteiger partial charge < -0.3 is 19.7 Å². The molecule has 10 aromatic carbocycles. The average molecular weight is 1280 g/mol. The zero-order valence-electron chi connectivity index (χ0n) is 61.6. The van der Waals surface area contributed by atoms with Gasteiger partial charge in [-0.05, 0) is 219 Å². The van der Waals surface area contributed by atoms with Crippen LogP contribution in [0.25, 0.3) is 87.6 Å². The third-order valence-corrected chi connectivity index (χ3v) is 19.4. The maximum Gasteiger partial charge on any atom is 0.135 e. The molecule has 2 N–H and O–H groups in total. The molecule has 4 nitrogen and oxygen atoms in total. The van der Waals surface area contributed by atoms with E-state index in [2.05, 4.69) is 249 Å². The van der Waals surface area contributed by atoms with Gasteiger partial charge in [0.15, 0.2) is 0 Å². The van der Waals surface area contributed by atoms with Gasteiger partial charge in [0.25, 0.3) is 0 Å². The molecule has 0 spiro atoms. The second kappa shape index (κ2) is 24.7. The molecule has 0 fully saturated rings. The highest BCUT2D eigenvalue weighted by molar-refractivity contribution is 6.16. The van der Waals surface area contributed by atoms with E-state index < -0.39 is 34.7 Å². The van der Waals surface area contributed by atoms with Crippen LogP contribution in [0.5, 0.6) is 23.0 Å². The maximum atomic E-state index is 16.3. The molecule has 10 rings (SSSR count). The highest BCUT2D eigenvalue weighted by Gasteiger charge is 2.37. The molecule has 0 saturated carbocycles. The Balaban J connectivity index is 1.14. The predicted octanol–water partition coefficient (Wildman–Crippen LogP) is 25.9. The molecule has 0 saturated heterocycles. The van der Waals surface area contributed by atoms with Gasteiger partial charge in [-0.1, -0.05) is 225 Å². The normalized spacial score (nSPS) is 13.9. The number of benzene rings is 10. The van der Waals surface area contributed by atoms with Crippen LogP contribution in [0, 0.1) is 22.5 Å². The van der Waals surface area contributed by atoms with E-state index in [-0.39, 0.29) is 44.0 Å². The van der Waals surface area contributed by atoms with Gasteiger partial charge in [-0.2, -0.15) is 0 Å². The van der Waals surface area contributed by atoms with E-state index in [9.17, 15) is 10.2 Å². The first-order valence-corrected chi connectivity index (χ1v) is 34.5. The van der Waals surface area contributed by atoms with Crippen LogP contribution in [0.3, 0.4) is 0 Å². The second-order valence-electron chi connectivity index (χ2n) is 35.7. The van der Waals surface area contributed by atoms with E-state index in [0.29, 0.717) is 51.3 Å². The lowest BCUT2D eigenvalue weighted by atomic mass is 9.70. The van der Waals surface area contributed by atoms with Gasteiger partial charge in [0, 0.05) is 45.4 Å². The fraction of sp³-hybridized carbons (Fsp3) is 0.416. The number of phenols is 2. The molecule has 6 heteroatoms. The molecule has 10 aromatic rings. The molecular weight excluding hydrogens is 1170 g/mol. The second-order valence-corrected chi connectivity index (χ2v) is 35.7. The zero-order valence-corrected chi connectivity index (χ0v) is 61.6. The van der Waals surface area contributed by atoms with E-state index in [1.165, 1.54) is 46.5 Å². The molecule has 0 heterocycles. The minimum atomic E-state index is -0.557. The standard InChI is InChI=1S/C89H106F2O4/c1-52(94-75-37-34-65(91)48-70(75)71-46-63(88(21,22)50-82(3,4)5)47-72(79(71)92)77-66-35-32-59(84(9,10)11)41-57(66)39-54-28-30-61(44-68(54)77)86(15,16)17)38-53(2)95-81-74(89(23,24)51-83(6,7)8)49-73(80(93)76(81)56-26-25-27-64(90)43-56)78-67-36-33-60(85(12,13)14)42-58(67)40-55-29-31-62(45-69(55)78)87(18,19)20/h25-37,39-49,52-53,92-93H,38,50-51H2,1-24H3/t52-,53+/m1/s1. The summed E-state index contributed by atoms with van der Waals surface area (Å²) < 4.78 is 46.8. The minimum Gasteiger partial charge on any atom is -0.507 e. The van der Waals surface area contributed by atoms with E-state index in [4.69, 9.17) is 9.47 Å². The van der Waals surface area contributed by atoms with Crippen molar-refractivity contribution in [2.75, 3.05) is 0 Å². The van der Waals surface area contributed by atoms with Gasteiger partial charge in [-0.15, -0.1) is 0 Å². The number of halogens is 2. The first-order valence-electron chi connectivity index (χ1n) is 34.5. The summed E-state index contributed by atoms with van der Waals surface area (Å²) in [5, 5.41) is 35.2. The molecule has 0 aliphatic carbocycles. The Bertz CT molecular complexity index is 4590. The van der Waals surface area contributed by atoms with E-state index in [0.717, 1.165) is 78.2 Å². The summed E-state index contributed by atoms with van der Waals surface area (Å²) >= 11 is 0. The largest absolute Gasteiger partial charge is 0.507 e. The van der Waals surface area contributed by atoms with Crippen LogP contribution in [0.2, 0.25) is 0 Å². The van der Waals surface area contributed by atoms with Crippen molar-refractivity contribution in [2.45, 2.75) is 230 Å². The van der Waals surface area contributed by atoms with Crippen LogP contribution in [-0.2, 0) is 32.5 Å². The fourth-order valence-electron chi connectivity index (χ4n) is 15.1. The Kier molecular flexibility index (Phi) is 18.3. The topological polar surface area (TPSA) is 58.9 Å². The molecule has 0 amide bonds. The quantitative estimate of drug-likeness (QED) is 0.107. The Hall–Kier alpha value is -7.70. The van der Waals surface area contributed by atoms with Crippen LogP contribution in [-0.4, -0.2) is 22.4 Å². The van der Waals surface area contributed by atoms with Crippen LogP contribution in [0.15, 0.2) is 146 Å². The van der Waals surface area contributed by atoms with Gasteiger partial charge in [0.2, 0.25) is 0 Å². The number of aromatic hydroxyl groups is 2. The number of hydrogen-bond acceptors (Lipinski definition) is 4. The summed E-state index contributed by atoms with van der Waals surface area (Å²) in [6, 6.07) is 48.8. The van der Waals surface area contributed by atoms with Gasteiger partial charge in [0.05, 0.1) is 17.8 Å². The minimum absolute atomic E-state index is 0.00361. The molecule has 0 aliphatic heterocycles. The number of phenolic OH excluding ortho intramolecular Hbond substituents is 2. The average Bonchev–Trinajstić information content (AvgIpc) is 0.734. The van der Waals surface area contributed by atoms with E-state index in [1.54, 1.807) is 12.1 Å². The highest BCUT2D eigenvalue weighted by Crippen LogP contribution is 2.56.